The largest absolute Gasteiger partial charge is 0.459 e. The molecule has 3 rings (SSSR count). The van der Waals surface area contributed by atoms with Crippen LogP contribution in [0.4, 0.5) is 0 Å². The minimum atomic E-state index is -0.0996. The quantitative estimate of drug-likeness (QED) is 0.363. The number of hydrogen-bond donors (Lipinski definition) is 1. The fourth-order valence-electron chi connectivity index (χ4n) is 2.81. The summed E-state index contributed by atoms with van der Waals surface area (Å²) in [5, 5.41) is 5.38. The SMILES string of the molecule is CN(C)C(=O)CN=C(NCc1cccs1)N1CCN(C(=O)c2ccco2)CC1.I. The van der Waals surface area contributed by atoms with Crippen LogP contribution in [0.2, 0.25) is 0 Å². The minimum absolute atomic E-state index is 0. The molecule has 1 saturated heterocycles. The molecule has 1 aliphatic rings. The van der Waals surface area contributed by atoms with Crippen molar-refractivity contribution < 1.29 is 14.0 Å². The highest BCUT2D eigenvalue weighted by Gasteiger charge is 2.25. The van der Waals surface area contributed by atoms with E-state index in [1.54, 1.807) is 42.5 Å². The Bertz CT molecular complexity index is 800. The Morgan fingerprint density at radius 2 is 1.90 bits per heavy atom. The summed E-state index contributed by atoms with van der Waals surface area (Å²) in [4.78, 5) is 35.5. The lowest BCUT2D eigenvalue weighted by molar-refractivity contribution is -0.127. The molecule has 3 heterocycles. The van der Waals surface area contributed by atoms with Gasteiger partial charge in [0.2, 0.25) is 5.91 Å². The number of nitrogens with one attached hydrogen (secondary N) is 1. The zero-order chi connectivity index (χ0) is 19.9. The Balaban J connectivity index is 0.00000300. The van der Waals surface area contributed by atoms with Crippen molar-refractivity contribution in [3.63, 3.8) is 0 Å². The van der Waals surface area contributed by atoms with Crippen LogP contribution in [0.1, 0.15) is 15.4 Å². The molecule has 0 spiro atoms. The van der Waals surface area contributed by atoms with E-state index in [9.17, 15) is 9.59 Å². The van der Waals surface area contributed by atoms with Crippen molar-refractivity contribution >= 4 is 53.1 Å². The van der Waals surface area contributed by atoms with Gasteiger partial charge in [-0.15, -0.1) is 35.3 Å². The number of rotatable bonds is 5. The molecule has 0 aromatic carbocycles. The summed E-state index contributed by atoms with van der Waals surface area (Å²) in [6.45, 7) is 3.16. The smallest absolute Gasteiger partial charge is 0.289 e. The van der Waals surface area contributed by atoms with Gasteiger partial charge in [0.15, 0.2) is 11.7 Å². The molecule has 0 radical (unpaired) electrons. The predicted octanol–water partition coefficient (Wildman–Crippen LogP) is 1.95. The van der Waals surface area contributed by atoms with Crippen molar-refractivity contribution in [1.29, 1.82) is 0 Å². The summed E-state index contributed by atoms with van der Waals surface area (Å²) in [6, 6.07) is 7.45. The van der Waals surface area contributed by atoms with Crippen molar-refractivity contribution in [3.8, 4) is 0 Å². The van der Waals surface area contributed by atoms with Crippen LogP contribution in [0.15, 0.2) is 45.3 Å². The summed E-state index contributed by atoms with van der Waals surface area (Å²) < 4.78 is 5.21. The van der Waals surface area contributed by atoms with Crippen LogP contribution < -0.4 is 5.32 Å². The molecule has 0 atom stereocenters. The molecule has 0 saturated carbocycles. The second-order valence-corrected chi connectivity index (χ2v) is 7.65. The van der Waals surface area contributed by atoms with Gasteiger partial charge in [-0.3, -0.25) is 9.59 Å². The number of hydrogen-bond acceptors (Lipinski definition) is 5. The third-order valence-electron chi connectivity index (χ3n) is 4.46. The molecule has 0 unspecified atom stereocenters. The van der Waals surface area contributed by atoms with E-state index in [1.165, 1.54) is 16.0 Å². The van der Waals surface area contributed by atoms with Gasteiger partial charge in [0.25, 0.3) is 5.91 Å². The summed E-state index contributed by atoms with van der Waals surface area (Å²) in [5.74, 6) is 0.892. The van der Waals surface area contributed by atoms with Crippen LogP contribution in [0.5, 0.6) is 0 Å². The van der Waals surface area contributed by atoms with Gasteiger partial charge in [-0.2, -0.15) is 0 Å². The van der Waals surface area contributed by atoms with Gasteiger partial charge < -0.3 is 24.4 Å². The first-order valence-electron chi connectivity index (χ1n) is 9.13. The fraction of sp³-hybridized carbons (Fsp3) is 0.421. The van der Waals surface area contributed by atoms with E-state index in [0.29, 0.717) is 44.4 Å². The number of carbonyl (C=O) groups excluding carboxylic acids is 2. The summed E-state index contributed by atoms with van der Waals surface area (Å²) in [6.07, 6.45) is 1.50. The lowest BCUT2D eigenvalue weighted by atomic mass is 10.3. The number of furan rings is 1. The highest BCUT2D eigenvalue weighted by atomic mass is 127. The van der Waals surface area contributed by atoms with Crippen LogP contribution in [-0.4, -0.2) is 79.3 Å². The highest BCUT2D eigenvalue weighted by molar-refractivity contribution is 14.0. The lowest BCUT2D eigenvalue weighted by Crippen LogP contribution is -2.53. The molecule has 1 N–H and O–H groups in total. The first-order chi connectivity index (χ1) is 13.5. The van der Waals surface area contributed by atoms with Crippen LogP contribution >= 0.6 is 35.3 Å². The van der Waals surface area contributed by atoms with Crippen LogP contribution in [0.25, 0.3) is 0 Å². The molecule has 0 aliphatic carbocycles. The van der Waals surface area contributed by atoms with Gasteiger partial charge in [0, 0.05) is 45.2 Å². The van der Waals surface area contributed by atoms with Gasteiger partial charge in [0.05, 0.1) is 12.8 Å². The van der Waals surface area contributed by atoms with E-state index < -0.39 is 0 Å². The first kappa shape index (κ1) is 23.2. The van der Waals surface area contributed by atoms with E-state index in [4.69, 9.17) is 4.42 Å². The molecular weight excluding hydrogens is 505 g/mol. The van der Waals surface area contributed by atoms with Crippen LogP contribution in [0, 0.1) is 0 Å². The minimum Gasteiger partial charge on any atom is -0.459 e. The molecule has 29 heavy (non-hydrogen) atoms. The Kier molecular flexibility index (Phi) is 8.96. The van der Waals surface area contributed by atoms with Crippen molar-refractivity contribution in [1.82, 2.24) is 20.0 Å². The first-order valence-corrected chi connectivity index (χ1v) is 10.0. The molecule has 8 nitrogen and oxygen atoms in total. The lowest BCUT2D eigenvalue weighted by Gasteiger charge is -2.36. The Morgan fingerprint density at radius 1 is 1.17 bits per heavy atom. The molecule has 0 bridgehead atoms. The zero-order valence-corrected chi connectivity index (χ0v) is 19.7. The van der Waals surface area contributed by atoms with E-state index in [2.05, 4.69) is 21.3 Å². The number of amides is 2. The Hall–Kier alpha value is -2.08. The van der Waals surface area contributed by atoms with E-state index in [1.807, 2.05) is 11.4 Å². The summed E-state index contributed by atoms with van der Waals surface area (Å²) in [7, 11) is 3.44. The van der Waals surface area contributed by atoms with E-state index >= 15 is 0 Å². The Labute approximate surface area is 191 Å². The standard InChI is InChI=1S/C19H25N5O3S.HI/c1-22(2)17(25)14-21-19(20-13-15-5-4-12-28-15)24-9-7-23(8-10-24)18(26)16-6-3-11-27-16;/h3-6,11-12H,7-10,13-14H2,1-2H3,(H,20,21);1H. The third-order valence-corrected chi connectivity index (χ3v) is 5.34. The molecule has 2 aromatic heterocycles. The number of piperazine rings is 1. The van der Waals surface area contributed by atoms with E-state index in [0.717, 1.165) is 0 Å². The number of guanidine groups is 1. The van der Waals surface area contributed by atoms with E-state index in [-0.39, 0.29) is 42.3 Å². The maximum atomic E-state index is 12.4. The average molecular weight is 531 g/mol. The molecule has 1 fully saturated rings. The van der Waals surface area contributed by atoms with Gasteiger partial charge in [0.1, 0.15) is 6.54 Å². The Morgan fingerprint density at radius 3 is 2.48 bits per heavy atom. The van der Waals surface area contributed by atoms with Crippen molar-refractivity contribution in [2.45, 2.75) is 6.54 Å². The maximum absolute atomic E-state index is 12.4. The third kappa shape index (κ3) is 6.46. The second kappa shape index (κ2) is 11.2. The number of carbonyl (C=O) groups is 2. The fourth-order valence-corrected chi connectivity index (χ4v) is 3.45. The number of likely N-dealkylation sites (N-methyl/N-ethyl adjacent to an activating group) is 1. The highest BCUT2D eigenvalue weighted by Crippen LogP contribution is 2.11. The normalized spacial score (nSPS) is 14.3. The molecule has 10 heteroatoms. The van der Waals surface area contributed by atoms with Gasteiger partial charge in [-0.05, 0) is 23.6 Å². The van der Waals surface area contributed by atoms with Crippen LogP contribution in [0.3, 0.4) is 0 Å². The predicted molar refractivity (Wildman–Crippen MR) is 124 cm³/mol. The molecular formula is C19H26IN5O3S. The van der Waals surface area contributed by atoms with Crippen molar-refractivity contribution in [3.05, 3.63) is 46.5 Å². The maximum Gasteiger partial charge on any atom is 0.289 e. The molecule has 158 valence electrons. The monoisotopic (exact) mass is 531 g/mol. The second-order valence-electron chi connectivity index (χ2n) is 6.62. The number of halogens is 1. The number of thiophene rings is 1. The van der Waals surface area contributed by atoms with Gasteiger partial charge in [-0.25, -0.2) is 4.99 Å². The van der Waals surface area contributed by atoms with Gasteiger partial charge >= 0.3 is 0 Å². The summed E-state index contributed by atoms with van der Waals surface area (Å²) >= 11 is 1.67. The topological polar surface area (TPSA) is 81.4 Å². The number of aliphatic imine (C=N–C) groups is 1. The zero-order valence-electron chi connectivity index (χ0n) is 16.5. The number of nitrogens with zero attached hydrogens (tertiary/aromatic N) is 4. The van der Waals surface area contributed by atoms with Gasteiger partial charge in [-0.1, -0.05) is 6.07 Å². The van der Waals surface area contributed by atoms with Crippen molar-refractivity contribution in [2.75, 3.05) is 46.8 Å². The molecule has 2 amide bonds. The average Bonchev–Trinajstić information content (AvgIpc) is 3.41. The van der Waals surface area contributed by atoms with Crippen molar-refractivity contribution in [2.24, 2.45) is 4.99 Å². The summed E-state index contributed by atoms with van der Waals surface area (Å²) in [5.41, 5.74) is 0. The molecule has 2 aromatic rings. The molecule has 1 aliphatic heterocycles. The van der Waals surface area contributed by atoms with Crippen LogP contribution in [-0.2, 0) is 11.3 Å².